The van der Waals surface area contributed by atoms with Crippen LogP contribution in [0.25, 0.3) is 0 Å². The second-order valence-corrected chi connectivity index (χ2v) is 9.78. The van der Waals surface area contributed by atoms with Gasteiger partial charge in [-0.1, -0.05) is 51.0 Å². The highest BCUT2D eigenvalue weighted by Crippen LogP contribution is 2.21. The summed E-state index contributed by atoms with van der Waals surface area (Å²) in [6.45, 7) is 5.74. The standard InChI is InChI=1S/C24H32N2O3S/c1-3-19-12-13-20(4-2)22(16-19)18-25-24(27)21-10-9-11-23(17-21)30(28,29)26-14-7-5-6-8-15-26/h9-13,16-17H,3-8,14-15,18H2,1-2H3,(H,25,27). The first-order valence-corrected chi connectivity index (χ1v) is 12.4. The Balaban J connectivity index is 1.75. The summed E-state index contributed by atoms with van der Waals surface area (Å²) in [5, 5.41) is 2.96. The van der Waals surface area contributed by atoms with Gasteiger partial charge in [0.25, 0.3) is 5.91 Å². The van der Waals surface area contributed by atoms with Crippen LogP contribution in [0.4, 0.5) is 0 Å². The van der Waals surface area contributed by atoms with Crippen molar-refractivity contribution >= 4 is 15.9 Å². The number of hydrogen-bond acceptors (Lipinski definition) is 3. The van der Waals surface area contributed by atoms with Crippen LogP contribution in [0.15, 0.2) is 47.4 Å². The molecule has 2 aromatic rings. The third kappa shape index (κ3) is 5.29. The molecule has 162 valence electrons. The van der Waals surface area contributed by atoms with Gasteiger partial charge >= 0.3 is 0 Å². The summed E-state index contributed by atoms with van der Waals surface area (Å²) in [5.41, 5.74) is 3.93. The van der Waals surface area contributed by atoms with Crippen LogP contribution in [0.1, 0.15) is 66.6 Å². The molecule has 3 rings (SSSR count). The Morgan fingerprint density at radius 3 is 2.33 bits per heavy atom. The molecule has 30 heavy (non-hydrogen) atoms. The van der Waals surface area contributed by atoms with Crippen molar-refractivity contribution in [2.45, 2.75) is 63.8 Å². The predicted octanol–water partition coefficient (Wildman–Crippen LogP) is 4.31. The Morgan fingerprint density at radius 2 is 1.67 bits per heavy atom. The number of sulfonamides is 1. The summed E-state index contributed by atoms with van der Waals surface area (Å²) < 4.78 is 27.6. The molecule has 0 saturated carbocycles. The van der Waals surface area contributed by atoms with Crippen molar-refractivity contribution in [3.05, 3.63) is 64.7 Å². The molecule has 1 fully saturated rings. The maximum Gasteiger partial charge on any atom is 0.251 e. The van der Waals surface area contributed by atoms with E-state index in [1.807, 2.05) is 0 Å². The van der Waals surface area contributed by atoms with Gasteiger partial charge in [-0.2, -0.15) is 4.31 Å². The molecule has 2 aromatic carbocycles. The molecule has 5 nitrogen and oxygen atoms in total. The zero-order valence-corrected chi connectivity index (χ0v) is 18.8. The summed E-state index contributed by atoms with van der Waals surface area (Å²) in [6, 6.07) is 12.8. The molecule has 0 aliphatic carbocycles. The van der Waals surface area contributed by atoms with Gasteiger partial charge in [-0.25, -0.2) is 8.42 Å². The zero-order valence-electron chi connectivity index (χ0n) is 18.0. The van der Waals surface area contributed by atoms with Gasteiger partial charge < -0.3 is 5.32 Å². The number of amides is 1. The lowest BCUT2D eigenvalue weighted by Gasteiger charge is -2.20. The Labute approximate surface area is 180 Å². The van der Waals surface area contributed by atoms with Gasteiger partial charge in [0.05, 0.1) is 4.90 Å². The highest BCUT2D eigenvalue weighted by atomic mass is 32.2. The fraction of sp³-hybridized carbons (Fsp3) is 0.458. The minimum Gasteiger partial charge on any atom is -0.348 e. The van der Waals surface area contributed by atoms with Crippen molar-refractivity contribution in [2.24, 2.45) is 0 Å². The average molecular weight is 429 g/mol. The fourth-order valence-electron chi connectivity index (χ4n) is 3.92. The number of carbonyl (C=O) groups is 1. The molecule has 0 radical (unpaired) electrons. The second kappa shape index (κ2) is 10.2. The lowest BCUT2D eigenvalue weighted by atomic mass is 10.0. The minimum absolute atomic E-state index is 0.194. The van der Waals surface area contributed by atoms with Crippen LogP contribution in [0, 0.1) is 0 Å². The van der Waals surface area contributed by atoms with Gasteiger partial charge in [0.1, 0.15) is 0 Å². The van der Waals surface area contributed by atoms with Crippen molar-refractivity contribution in [1.29, 1.82) is 0 Å². The van der Waals surface area contributed by atoms with Gasteiger partial charge in [0, 0.05) is 25.2 Å². The summed E-state index contributed by atoms with van der Waals surface area (Å²) in [5.74, 6) is -0.258. The third-order valence-electron chi connectivity index (χ3n) is 5.80. The number of rotatable bonds is 7. The van der Waals surface area contributed by atoms with E-state index in [9.17, 15) is 13.2 Å². The van der Waals surface area contributed by atoms with E-state index in [1.54, 1.807) is 22.5 Å². The summed E-state index contributed by atoms with van der Waals surface area (Å²) in [6.07, 6.45) is 5.74. The molecular weight excluding hydrogens is 396 g/mol. The molecule has 1 aliphatic rings. The van der Waals surface area contributed by atoms with E-state index >= 15 is 0 Å². The van der Waals surface area contributed by atoms with Crippen molar-refractivity contribution in [1.82, 2.24) is 9.62 Å². The van der Waals surface area contributed by atoms with Crippen LogP contribution >= 0.6 is 0 Å². The van der Waals surface area contributed by atoms with Crippen LogP contribution < -0.4 is 5.32 Å². The van der Waals surface area contributed by atoms with E-state index in [1.165, 1.54) is 17.2 Å². The zero-order chi connectivity index (χ0) is 21.6. The highest BCUT2D eigenvalue weighted by molar-refractivity contribution is 7.89. The van der Waals surface area contributed by atoms with Crippen molar-refractivity contribution in [2.75, 3.05) is 13.1 Å². The molecule has 0 aromatic heterocycles. The van der Waals surface area contributed by atoms with Gasteiger partial charge in [-0.15, -0.1) is 0 Å². The maximum absolute atomic E-state index is 13.0. The number of nitrogens with one attached hydrogen (secondary N) is 1. The first-order valence-electron chi connectivity index (χ1n) is 10.9. The molecule has 0 unspecified atom stereocenters. The van der Waals surface area contributed by atoms with Crippen LogP contribution in [-0.4, -0.2) is 31.7 Å². The van der Waals surface area contributed by atoms with Gasteiger partial charge in [0.2, 0.25) is 10.0 Å². The first kappa shape index (κ1) is 22.5. The van der Waals surface area contributed by atoms with Crippen LogP contribution in [0.5, 0.6) is 0 Å². The summed E-state index contributed by atoms with van der Waals surface area (Å²) in [7, 11) is -3.57. The molecule has 1 saturated heterocycles. The topological polar surface area (TPSA) is 66.5 Å². The molecule has 0 bridgehead atoms. The van der Waals surface area contributed by atoms with Crippen LogP contribution in [-0.2, 0) is 29.4 Å². The highest BCUT2D eigenvalue weighted by Gasteiger charge is 2.25. The molecule has 1 N–H and O–H groups in total. The lowest BCUT2D eigenvalue weighted by Crippen LogP contribution is -2.32. The molecule has 0 spiro atoms. The van der Waals surface area contributed by atoms with Crippen LogP contribution in [0.2, 0.25) is 0 Å². The summed E-state index contributed by atoms with van der Waals surface area (Å²) >= 11 is 0. The van der Waals surface area contributed by atoms with Gasteiger partial charge in [-0.05, 0) is 60.6 Å². The molecule has 6 heteroatoms. The predicted molar refractivity (Wildman–Crippen MR) is 120 cm³/mol. The number of nitrogens with zero attached hydrogens (tertiary/aromatic N) is 1. The molecule has 1 aliphatic heterocycles. The smallest absolute Gasteiger partial charge is 0.251 e. The molecule has 1 amide bonds. The Hall–Kier alpha value is -2.18. The van der Waals surface area contributed by atoms with E-state index in [4.69, 9.17) is 0 Å². The number of aryl methyl sites for hydroxylation is 2. The molecular formula is C24H32N2O3S. The van der Waals surface area contributed by atoms with E-state index < -0.39 is 10.0 Å². The van der Waals surface area contributed by atoms with Crippen molar-refractivity contribution in [3.8, 4) is 0 Å². The second-order valence-electron chi connectivity index (χ2n) is 7.84. The SMILES string of the molecule is CCc1ccc(CC)c(CNC(=O)c2cccc(S(=O)(=O)N3CCCCCC3)c2)c1. The molecule has 1 heterocycles. The van der Waals surface area contributed by atoms with Crippen molar-refractivity contribution in [3.63, 3.8) is 0 Å². The molecule has 0 atom stereocenters. The van der Waals surface area contributed by atoms with Gasteiger partial charge in [0.15, 0.2) is 0 Å². The monoisotopic (exact) mass is 428 g/mol. The Kier molecular flexibility index (Phi) is 7.67. The quantitative estimate of drug-likeness (QED) is 0.715. The average Bonchev–Trinajstić information content (AvgIpc) is 3.07. The number of hydrogen-bond donors (Lipinski definition) is 1. The first-order chi connectivity index (χ1) is 14.5. The summed E-state index contributed by atoms with van der Waals surface area (Å²) in [4.78, 5) is 13.0. The van der Waals surface area contributed by atoms with E-state index in [0.717, 1.165) is 44.1 Å². The Bertz CT molecular complexity index is 978. The van der Waals surface area contributed by atoms with Crippen molar-refractivity contribution < 1.29 is 13.2 Å². The lowest BCUT2D eigenvalue weighted by molar-refractivity contribution is 0.0950. The Morgan fingerprint density at radius 1 is 0.933 bits per heavy atom. The fourth-order valence-corrected chi connectivity index (χ4v) is 5.48. The minimum atomic E-state index is -3.57. The largest absolute Gasteiger partial charge is 0.348 e. The van der Waals surface area contributed by atoms with E-state index in [2.05, 4.69) is 37.4 Å². The van der Waals surface area contributed by atoms with E-state index in [0.29, 0.717) is 25.2 Å². The number of benzene rings is 2. The normalized spacial score (nSPS) is 15.5. The van der Waals surface area contributed by atoms with Gasteiger partial charge in [-0.3, -0.25) is 4.79 Å². The van der Waals surface area contributed by atoms with E-state index in [-0.39, 0.29) is 10.8 Å². The number of carbonyl (C=O) groups excluding carboxylic acids is 1. The van der Waals surface area contributed by atoms with Crippen LogP contribution in [0.3, 0.4) is 0 Å². The maximum atomic E-state index is 13.0. The third-order valence-corrected chi connectivity index (χ3v) is 7.69.